The van der Waals surface area contributed by atoms with Gasteiger partial charge in [0.2, 0.25) is 47.3 Å². The fraction of sp³-hybridized carbons (Fsp3) is 0.569. The summed E-state index contributed by atoms with van der Waals surface area (Å²) >= 11 is 0. The van der Waals surface area contributed by atoms with Crippen molar-refractivity contribution in [3.63, 3.8) is 0 Å². The van der Waals surface area contributed by atoms with Crippen LogP contribution in [0.5, 0.6) is 5.75 Å². The number of aromatic nitrogens is 1. The highest BCUT2D eigenvalue weighted by Crippen LogP contribution is 2.21. The minimum atomic E-state index is -1.46. The molecule has 9 atom stereocenters. The number of hydrogen-bond acceptors (Lipinski definition) is 14. The summed E-state index contributed by atoms with van der Waals surface area (Å²) in [6, 6.07) is 3.19. The van der Waals surface area contributed by atoms with Crippen LogP contribution in [0.25, 0.3) is 10.9 Å². The maximum atomic E-state index is 14.4. The molecule has 28 heteroatoms. The first-order valence-corrected chi connectivity index (χ1v) is 29.2. The smallest absolute Gasteiger partial charge is 0.326 e. The fourth-order valence-corrected chi connectivity index (χ4v) is 9.27. The van der Waals surface area contributed by atoms with Gasteiger partial charge in [-0.05, 0) is 111 Å². The van der Waals surface area contributed by atoms with Crippen LogP contribution in [-0.4, -0.2) is 155 Å². The first-order valence-electron chi connectivity index (χ1n) is 29.2. The van der Waals surface area contributed by atoms with E-state index in [0.717, 1.165) is 16.5 Å². The number of fused-ring (bicyclic) bond motifs is 1. The molecule has 0 saturated heterocycles. The number of phenolic OH excluding ortho intramolecular Hbond substituents is 1. The Balaban J connectivity index is 1.86. The predicted molar refractivity (Wildman–Crippen MR) is 327 cm³/mol. The van der Waals surface area contributed by atoms with Gasteiger partial charge in [0, 0.05) is 43.0 Å². The number of para-hydroxylation sites is 1. The topological polar surface area (TPSA) is 487 Å². The van der Waals surface area contributed by atoms with E-state index in [1.807, 2.05) is 45.0 Å². The number of H-pyrrole nitrogens is 1. The molecule has 0 spiro atoms. The number of rotatable bonds is 39. The van der Waals surface area contributed by atoms with E-state index in [1.54, 1.807) is 27.0 Å². The van der Waals surface area contributed by atoms with Crippen molar-refractivity contribution in [3.8, 4) is 5.75 Å². The highest BCUT2D eigenvalue weighted by atomic mass is 16.4. The van der Waals surface area contributed by atoms with Crippen molar-refractivity contribution >= 4 is 76.0 Å². The number of phenols is 1. The van der Waals surface area contributed by atoms with Gasteiger partial charge in [0.1, 0.15) is 48.0 Å². The van der Waals surface area contributed by atoms with Crippen LogP contribution in [0.1, 0.15) is 117 Å². The van der Waals surface area contributed by atoms with E-state index in [0.29, 0.717) is 31.2 Å². The Kier molecular flexibility index (Phi) is 30.9. The highest BCUT2D eigenvalue weighted by molar-refractivity contribution is 5.98. The lowest BCUT2D eigenvalue weighted by Crippen LogP contribution is -2.59. The minimum absolute atomic E-state index is 0.0129. The number of unbranched alkanes of at least 4 members (excludes halogenated alkanes) is 1. The number of nitrogens with two attached hydrogens (primary N) is 6. The van der Waals surface area contributed by atoms with Gasteiger partial charge in [-0.15, -0.1) is 0 Å². The van der Waals surface area contributed by atoms with Gasteiger partial charge in [-0.25, -0.2) is 4.79 Å². The summed E-state index contributed by atoms with van der Waals surface area (Å²) in [4.78, 5) is 136. The number of carboxylic acids is 1. The molecule has 0 radical (unpaired) electrons. The summed E-state index contributed by atoms with van der Waals surface area (Å²) in [5.74, 6) is -8.41. The van der Waals surface area contributed by atoms with Crippen molar-refractivity contribution in [1.29, 1.82) is 0 Å². The van der Waals surface area contributed by atoms with Gasteiger partial charge >= 0.3 is 5.97 Å². The second-order valence-electron chi connectivity index (χ2n) is 22.3. The molecule has 0 bridgehead atoms. The zero-order valence-electron chi connectivity index (χ0n) is 50.3. The quantitative estimate of drug-likeness (QED) is 0.0184. The number of nitrogens with one attached hydrogen (secondary N) is 9. The molecule has 1 aromatic heterocycles. The Labute approximate surface area is 502 Å². The first-order chi connectivity index (χ1) is 40.7. The van der Waals surface area contributed by atoms with Gasteiger partial charge in [0.15, 0.2) is 11.9 Å². The Bertz CT molecular complexity index is 2760. The standard InChI is InChI=1S/C58H93N17O11/c1-7-34(6)48(75-54(83)45(73-49(78)39(60)26-32(2)3)29-36-30-67-40-15-9-8-14-38(36)40)55(84)68-31-47(77)69-44(27-33(4)5)53(82)72-42(17-12-24-65-57(61)62)51(80)70-41(16-10-11-23-59)50(79)71-43(18-13-25-66-58(63)64)52(81)74-46(56(85)86)28-35-19-21-37(76)22-20-35/h8-9,14-15,19-22,30,32-34,39,41-46,48,67,76H,7,10-13,16-18,23-29,31,59-60H2,1-6H3,(H,68,84)(H,69,77)(H,70,80)(H,71,79)(H,72,82)(H,73,78)(H,74,81)(H,75,83)(H,85,86)(H4,61,62,65)(H4,63,64,66)/t34-,39-,41-,42-,43-,44-,45-,46-,48-/m0/s1. The third-order valence-electron chi connectivity index (χ3n) is 14.1. The lowest BCUT2D eigenvalue weighted by atomic mass is 9.96. The van der Waals surface area contributed by atoms with Crippen LogP contribution in [0.15, 0.2) is 64.7 Å². The van der Waals surface area contributed by atoms with Crippen LogP contribution in [0.4, 0.5) is 0 Å². The normalized spacial score (nSPS) is 14.3. The van der Waals surface area contributed by atoms with E-state index in [9.17, 15) is 53.4 Å². The number of hydrogen-bond donors (Lipinski definition) is 17. The van der Waals surface area contributed by atoms with Gasteiger partial charge in [-0.3, -0.25) is 48.3 Å². The monoisotopic (exact) mass is 1200 g/mol. The summed E-state index contributed by atoms with van der Waals surface area (Å²) in [6.45, 7) is 10.7. The number of guanidine groups is 2. The van der Waals surface area contributed by atoms with Gasteiger partial charge in [0.05, 0.1) is 12.6 Å². The number of aliphatic carboxylic acids is 1. The Hall–Kier alpha value is -8.53. The lowest BCUT2D eigenvalue weighted by Gasteiger charge is -2.28. The molecule has 0 aliphatic heterocycles. The largest absolute Gasteiger partial charge is 0.508 e. The average molecular weight is 1200 g/mol. The second kappa shape index (κ2) is 37.0. The van der Waals surface area contributed by atoms with Crippen molar-refractivity contribution < 1.29 is 53.4 Å². The number of carboxylic acid groups (broad SMARTS) is 1. The fourth-order valence-electron chi connectivity index (χ4n) is 9.27. The third-order valence-corrected chi connectivity index (χ3v) is 14.1. The van der Waals surface area contributed by atoms with E-state index in [4.69, 9.17) is 34.4 Å². The van der Waals surface area contributed by atoms with Gasteiger partial charge in [-0.1, -0.05) is 78.3 Å². The number of amides is 8. The predicted octanol–water partition coefficient (Wildman–Crippen LogP) is -1.05. The summed E-state index contributed by atoms with van der Waals surface area (Å²) in [5.41, 5.74) is 36.2. The minimum Gasteiger partial charge on any atom is -0.508 e. The maximum absolute atomic E-state index is 14.4. The SMILES string of the molecule is CC[C@H](C)[C@H](NC(=O)[C@H](Cc1c[nH]c2ccccc12)NC(=O)[C@@H](N)CC(C)C)C(=O)NCC(=O)N[C@@H](CC(C)C)C(=O)N[C@@H](CCCN=C(N)N)C(=O)N[C@@H](CCCCN)C(=O)N[C@@H](CCCN=C(N)N)C(=O)N[C@@H](Cc1ccc(O)cc1)C(=O)O. The van der Waals surface area contributed by atoms with Gasteiger partial charge in [-0.2, -0.15) is 0 Å². The molecule has 3 aromatic rings. The molecule has 2 aromatic carbocycles. The number of benzene rings is 2. The van der Waals surface area contributed by atoms with E-state index in [-0.39, 0.29) is 101 Å². The third kappa shape index (κ3) is 25.8. The van der Waals surface area contributed by atoms with Gasteiger partial charge in [0.25, 0.3) is 0 Å². The molecule has 8 amide bonds. The molecule has 23 N–H and O–H groups in total. The Morgan fingerprint density at radius 3 is 1.58 bits per heavy atom. The van der Waals surface area contributed by atoms with E-state index < -0.39 is 114 Å². The van der Waals surface area contributed by atoms with E-state index >= 15 is 0 Å². The number of aliphatic imine (C=N–C) groups is 2. The maximum Gasteiger partial charge on any atom is 0.326 e. The number of aromatic hydroxyl groups is 1. The molecule has 1 heterocycles. The number of carbonyl (C=O) groups is 9. The Morgan fingerprint density at radius 2 is 1.07 bits per heavy atom. The molecule has 28 nitrogen and oxygen atoms in total. The van der Waals surface area contributed by atoms with Gasteiger partial charge < -0.3 is 92.1 Å². The molecular weight excluding hydrogens is 1110 g/mol. The van der Waals surface area contributed by atoms with Crippen molar-refractivity contribution in [2.75, 3.05) is 26.2 Å². The van der Waals surface area contributed by atoms with Crippen molar-refractivity contribution in [2.24, 2.45) is 62.1 Å². The molecule has 86 heavy (non-hydrogen) atoms. The zero-order valence-corrected chi connectivity index (χ0v) is 50.3. The summed E-state index contributed by atoms with van der Waals surface area (Å²) < 4.78 is 0. The summed E-state index contributed by atoms with van der Waals surface area (Å²) in [7, 11) is 0. The van der Waals surface area contributed by atoms with Crippen LogP contribution in [-0.2, 0) is 56.0 Å². The lowest BCUT2D eigenvalue weighted by molar-refractivity contribution is -0.142. The van der Waals surface area contributed by atoms with Crippen molar-refractivity contribution in [3.05, 3.63) is 65.9 Å². The van der Waals surface area contributed by atoms with Crippen LogP contribution < -0.4 is 76.9 Å². The van der Waals surface area contributed by atoms with Crippen LogP contribution in [0.2, 0.25) is 0 Å². The van der Waals surface area contributed by atoms with Crippen molar-refractivity contribution in [1.82, 2.24) is 47.5 Å². The van der Waals surface area contributed by atoms with Crippen LogP contribution in [0.3, 0.4) is 0 Å². The summed E-state index contributed by atoms with van der Waals surface area (Å²) in [6.07, 6.45) is 3.43. The molecule has 0 aliphatic carbocycles. The van der Waals surface area contributed by atoms with Crippen LogP contribution in [0, 0.1) is 17.8 Å². The molecule has 0 unspecified atom stereocenters. The number of carbonyl (C=O) groups excluding carboxylic acids is 8. The zero-order chi connectivity index (χ0) is 64.0. The van der Waals surface area contributed by atoms with E-state index in [1.165, 1.54) is 24.3 Å². The van der Waals surface area contributed by atoms with E-state index in [2.05, 4.69) is 57.5 Å². The number of nitrogens with zero attached hydrogens (tertiary/aromatic N) is 2. The highest BCUT2D eigenvalue weighted by Gasteiger charge is 2.35. The molecule has 0 aliphatic rings. The van der Waals surface area contributed by atoms with Crippen molar-refractivity contribution in [2.45, 2.75) is 167 Å². The summed E-state index contributed by atoms with van der Waals surface area (Å²) in [5, 5.41) is 42.0. The molecular formula is C58H93N17O11. The average Bonchev–Trinajstić information content (AvgIpc) is 3.88. The first kappa shape index (κ1) is 71.7. The molecule has 476 valence electrons. The Morgan fingerprint density at radius 1 is 0.570 bits per heavy atom. The van der Waals surface area contributed by atoms with Crippen LogP contribution >= 0.6 is 0 Å². The second-order valence-corrected chi connectivity index (χ2v) is 22.3. The molecule has 3 rings (SSSR count). The molecule has 0 fully saturated rings. The molecule has 0 saturated carbocycles. The number of aromatic amines is 1.